The first-order valence-electron chi connectivity index (χ1n) is 6.68. The van der Waals surface area contributed by atoms with Crippen molar-refractivity contribution in [3.8, 4) is 11.5 Å². The SMILES string of the molecule is NCCc1c2c(c(S)c3c1OCCC3)OCCC2. The summed E-state index contributed by atoms with van der Waals surface area (Å²) < 4.78 is 11.7. The molecule has 2 heterocycles. The molecule has 1 aromatic carbocycles. The lowest BCUT2D eigenvalue weighted by molar-refractivity contribution is 0.261. The Morgan fingerprint density at radius 3 is 2.39 bits per heavy atom. The van der Waals surface area contributed by atoms with Crippen molar-refractivity contribution >= 4 is 12.6 Å². The first-order chi connectivity index (χ1) is 8.83. The second-order valence-electron chi connectivity index (χ2n) is 4.89. The highest BCUT2D eigenvalue weighted by atomic mass is 32.1. The third kappa shape index (κ3) is 1.88. The molecular weight excluding hydrogens is 246 g/mol. The van der Waals surface area contributed by atoms with Crippen LogP contribution in [0.15, 0.2) is 4.90 Å². The van der Waals surface area contributed by atoms with E-state index in [0.717, 1.165) is 61.7 Å². The molecule has 0 atom stereocenters. The van der Waals surface area contributed by atoms with Gasteiger partial charge >= 0.3 is 0 Å². The van der Waals surface area contributed by atoms with E-state index in [0.29, 0.717) is 6.54 Å². The fourth-order valence-corrected chi connectivity index (χ4v) is 3.34. The van der Waals surface area contributed by atoms with Crippen LogP contribution in [0, 0.1) is 0 Å². The molecule has 0 radical (unpaired) electrons. The Balaban J connectivity index is 2.20. The predicted molar refractivity (Wildman–Crippen MR) is 74.1 cm³/mol. The van der Waals surface area contributed by atoms with Crippen LogP contribution in [0.25, 0.3) is 0 Å². The topological polar surface area (TPSA) is 44.5 Å². The number of hydrogen-bond acceptors (Lipinski definition) is 4. The van der Waals surface area contributed by atoms with E-state index < -0.39 is 0 Å². The van der Waals surface area contributed by atoms with Gasteiger partial charge in [-0.1, -0.05) is 0 Å². The highest BCUT2D eigenvalue weighted by molar-refractivity contribution is 7.80. The van der Waals surface area contributed by atoms with Gasteiger partial charge in [0, 0.05) is 16.7 Å². The fourth-order valence-electron chi connectivity index (χ4n) is 2.92. The summed E-state index contributed by atoms with van der Waals surface area (Å²) in [6, 6.07) is 0. The zero-order valence-electron chi connectivity index (χ0n) is 10.5. The largest absolute Gasteiger partial charge is 0.493 e. The lowest BCUT2D eigenvalue weighted by atomic mass is 9.91. The Kier molecular flexibility index (Phi) is 3.39. The molecule has 0 fully saturated rings. The van der Waals surface area contributed by atoms with Gasteiger partial charge in [-0.25, -0.2) is 0 Å². The monoisotopic (exact) mass is 265 g/mol. The first kappa shape index (κ1) is 12.2. The number of ether oxygens (including phenoxy) is 2. The molecule has 2 N–H and O–H groups in total. The molecule has 98 valence electrons. The molecule has 2 aliphatic heterocycles. The van der Waals surface area contributed by atoms with E-state index in [9.17, 15) is 0 Å². The summed E-state index contributed by atoms with van der Waals surface area (Å²) in [5.41, 5.74) is 9.50. The van der Waals surface area contributed by atoms with Gasteiger partial charge in [-0.05, 0) is 38.6 Å². The maximum Gasteiger partial charge on any atom is 0.136 e. The molecule has 0 bridgehead atoms. The number of benzene rings is 1. The number of nitrogens with two attached hydrogens (primary N) is 1. The van der Waals surface area contributed by atoms with Crippen LogP contribution >= 0.6 is 12.6 Å². The van der Waals surface area contributed by atoms with E-state index in [4.69, 9.17) is 15.2 Å². The highest BCUT2D eigenvalue weighted by Gasteiger charge is 2.27. The Morgan fingerprint density at radius 1 is 1.00 bits per heavy atom. The summed E-state index contributed by atoms with van der Waals surface area (Å²) in [4.78, 5) is 0.986. The standard InChI is InChI=1S/C14H19NO2S/c15-6-5-10-9-3-1-8-17-13(9)14(18)11-4-2-7-16-12(10)11/h18H,1-8,15H2. The summed E-state index contributed by atoms with van der Waals surface area (Å²) >= 11 is 4.67. The molecule has 0 saturated carbocycles. The summed E-state index contributed by atoms with van der Waals surface area (Å²) in [5, 5.41) is 0. The molecule has 3 nitrogen and oxygen atoms in total. The van der Waals surface area contributed by atoms with Crippen molar-refractivity contribution in [2.75, 3.05) is 19.8 Å². The van der Waals surface area contributed by atoms with Crippen molar-refractivity contribution in [3.05, 3.63) is 16.7 Å². The molecule has 3 rings (SSSR count). The van der Waals surface area contributed by atoms with Gasteiger partial charge in [0.25, 0.3) is 0 Å². The number of rotatable bonds is 2. The van der Waals surface area contributed by atoms with E-state index in [-0.39, 0.29) is 0 Å². The molecule has 0 amide bonds. The molecule has 2 aliphatic rings. The van der Waals surface area contributed by atoms with E-state index in [2.05, 4.69) is 12.6 Å². The van der Waals surface area contributed by atoms with Crippen LogP contribution in [0.4, 0.5) is 0 Å². The second kappa shape index (κ2) is 5.02. The minimum absolute atomic E-state index is 0.647. The molecule has 0 aliphatic carbocycles. The van der Waals surface area contributed by atoms with Gasteiger partial charge < -0.3 is 15.2 Å². The van der Waals surface area contributed by atoms with Gasteiger partial charge in [-0.3, -0.25) is 0 Å². The Labute approximate surface area is 113 Å². The highest BCUT2D eigenvalue weighted by Crippen LogP contribution is 2.45. The van der Waals surface area contributed by atoms with Crippen LogP contribution in [-0.2, 0) is 19.3 Å². The second-order valence-corrected chi connectivity index (χ2v) is 5.33. The summed E-state index contributed by atoms with van der Waals surface area (Å²) in [5.74, 6) is 2.03. The first-order valence-corrected chi connectivity index (χ1v) is 7.13. The normalized spacial score (nSPS) is 17.4. The average molecular weight is 265 g/mol. The molecule has 4 heteroatoms. The van der Waals surface area contributed by atoms with Gasteiger partial charge in [0.2, 0.25) is 0 Å². The molecule has 0 unspecified atom stereocenters. The Morgan fingerprint density at radius 2 is 1.67 bits per heavy atom. The van der Waals surface area contributed by atoms with Crippen LogP contribution < -0.4 is 15.2 Å². The summed E-state index contributed by atoms with van der Waals surface area (Å²) in [6.07, 6.45) is 5.07. The lowest BCUT2D eigenvalue weighted by Crippen LogP contribution is -2.19. The lowest BCUT2D eigenvalue weighted by Gasteiger charge is -2.29. The molecule has 0 saturated heterocycles. The van der Waals surface area contributed by atoms with Crippen molar-refractivity contribution in [1.82, 2.24) is 0 Å². The third-order valence-electron chi connectivity index (χ3n) is 3.72. The van der Waals surface area contributed by atoms with Crippen LogP contribution in [0.1, 0.15) is 29.5 Å². The van der Waals surface area contributed by atoms with Crippen molar-refractivity contribution in [2.24, 2.45) is 5.73 Å². The van der Waals surface area contributed by atoms with Crippen LogP contribution in [0.3, 0.4) is 0 Å². The predicted octanol–water partition coefficient (Wildman–Crippen LogP) is 2.13. The van der Waals surface area contributed by atoms with Gasteiger partial charge in [-0.2, -0.15) is 0 Å². The zero-order chi connectivity index (χ0) is 12.5. The fraction of sp³-hybridized carbons (Fsp3) is 0.571. The third-order valence-corrected chi connectivity index (χ3v) is 4.19. The van der Waals surface area contributed by atoms with E-state index in [1.54, 1.807) is 0 Å². The Bertz CT molecular complexity index is 436. The van der Waals surface area contributed by atoms with Crippen LogP contribution in [-0.4, -0.2) is 19.8 Å². The van der Waals surface area contributed by atoms with Crippen LogP contribution in [0.5, 0.6) is 11.5 Å². The van der Waals surface area contributed by atoms with Crippen molar-refractivity contribution in [3.63, 3.8) is 0 Å². The van der Waals surface area contributed by atoms with Gasteiger partial charge in [-0.15, -0.1) is 12.6 Å². The summed E-state index contributed by atoms with van der Waals surface area (Å²) in [6.45, 7) is 2.24. The maximum absolute atomic E-state index is 5.89. The molecule has 18 heavy (non-hydrogen) atoms. The minimum Gasteiger partial charge on any atom is -0.493 e. The van der Waals surface area contributed by atoms with E-state index in [1.165, 1.54) is 16.7 Å². The van der Waals surface area contributed by atoms with Crippen molar-refractivity contribution < 1.29 is 9.47 Å². The molecule has 0 spiro atoms. The van der Waals surface area contributed by atoms with Crippen LogP contribution in [0.2, 0.25) is 0 Å². The summed E-state index contributed by atoms with van der Waals surface area (Å²) in [7, 11) is 0. The molecule has 1 aromatic rings. The Hall–Kier alpha value is -0.870. The number of thiol groups is 1. The van der Waals surface area contributed by atoms with E-state index >= 15 is 0 Å². The number of fused-ring (bicyclic) bond motifs is 2. The van der Waals surface area contributed by atoms with Crippen molar-refractivity contribution in [2.45, 2.75) is 37.0 Å². The molecule has 0 aromatic heterocycles. The minimum atomic E-state index is 0.647. The number of hydrogen-bond donors (Lipinski definition) is 2. The average Bonchev–Trinajstić information content (AvgIpc) is 2.43. The smallest absolute Gasteiger partial charge is 0.136 e. The zero-order valence-corrected chi connectivity index (χ0v) is 11.4. The van der Waals surface area contributed by atoms with Gasteiger partial charge in [0.05, 0.1) is 18.1 Å². The van der Waals surface area contributed by atoms with Crippen molar-refractivity contribution in [1.29, 1.82) is 0 Å². The van der Waals surface area contributed by atoms with Gasteiger partial charge in [0.15, 0.2) is 0 Å². The maximum atomic E-state index is 5.89. The quantitative estimate of drug-likeness (QED) is 0.805. The van der Waals surface area contributed by atoms with E-state index in [1.807, 2.05) is 0 Å². The molecular formula is C14H19NO2S. The van der Waals surface area contributed by atoms with Gasteiger partial charge in [0.1, 0.15) is 11.5 Å².